The third kappa shape index (κ3) is 4.83. The summed E-state index contributed by atoms with van der Waals surface area (Å²) < 4.78 is 29.6. The van der Waals surface area contributed by atoms with Crippen LogP contribution < -0.4 is 15.4 Å². The third-order valence-electron chi connectivity index (χ3n) is 4.31. The fourth-order valence-electron chi connectivity index (χ4n) is 2.86. The Morgan fingerprint density at radius 2 is 1.88 bits per heavy atom. The van der Waals surface area contributed by atoms with Crippen LogP contribution in [0.5, 0.6) is 5.75 Å². The van der Waals surface area contributed by atoms with Gasteiger partial charge in [0.2, 0.25) is 11.9 Å². The van der Waals surface area contributed by atoms with E-state index < -0.39 is 12.5 Å². The molecule has 4 aromatic rings. The quantitative estimate of drug-likeness (QED) is 0.326. The second-order valence-corrected chi connectivity index (χ2v) is 6.46. The number of benzene rings is 2. The molecule has 2 aromatic carbocycles. The maximum Gasteiger partial charge on any atom is 0.387 e. The second-order valence-electron chi connectivity index (χ2n) is 6.46. The zero-order chi connectivity index (χ0) is 22.5. The third-order valence-corrected chi connectivity index (χ3v) is 4.31. The topological polar surface area (TPSA) is 151 Å². The summed E-state index contributed by atoms with van der Waals surface area (Å²) in [6, 6.07) is 10.9. The molecule has 0 fully saturated rings. The van der Waals surface area contributed by atoms with Crippen molar-refractivity contribution in [1.82, 2.24) is 35.9 Å². The van der Waals surface area contributed by atoms with Crippen LogP contribution in [-0.4, -0.2) is 55.6 Å². The Kier molecular flexibility index (Phi) is 5.96. The number of anilines is 1. The van der Waals surface area contributed by atoms with Gasteiger partial charge in [-0.25, -0.2) is 0 Å². The zero-order valence-corrected chi connectivity index (χ0v) is 16.3. The van der Waals surface area contributed by atoms with E-state index in [1.54, 1.807) is 30.3 Å². The van der Waals surface area contributed by atoms with E-state index in [0.29, 0.717) is 16.6 Å². The molecule has 0 bridgehead atoms. The molecule has 11 nitrogen and oxygen atoms in total. The second kappa shape index (κ2) is 9.16. The number of para-hydroxylation sites is 1. The smallest absolute Gasteiger partial charge is 0.387 e. The van der Waals surface area contributed by atoms with Gasteiger partial charge in [0, 0.05) is 18.5 Å². The number of alkyl halides is 2. The standard InChI is InChI=1S/C19H16F2N8O3/c20-18(21)32-14-4-2-1-3-11(14)16-24-19(28-27-16)23-15(30)7-8-22-17(31)10-5-6-12-13(9-10)26-29-25-12/h1-6,9,18H,7-8H2,(H,22,31)(H,25,26,29)(H2,23,24,27,28,30). The molecule has 0 spiro atoms. The Balaban J connectivity index is 1.30. The highest BCUT2D eigenvalue weighted by atomic mass is 19.3. The first-order chi connectivity index (χ1) is 15.5. The number of rotatable bonds is 8. The lowest BCUT2D eigenvalue weighted by molar-refractivity contribution is -0.116. The SMILES string of the molecule is O=C(CCNC(=O)c1ccc2n[nH]nc2c1)Nc1n[nH]c(-c2ccccc2OC(F)F)n1. The molecule has 0 aliphatic carbocycles. The molecule has 0 radical (unpaired) electrons. The Morgan fingerprint density at radius 1 is 1.06 bits per heavy atom. The largest absolute Gasteiger partial charge is 0.434 e. The van der Waals surface area contributed by atoms with E-state index in [1.165, 1.54) is 12.1 Å². The summed E-state index contributed by atoms with van der Waals surface area (Å²) in [6.45, 7) is -2.92. The molecule has 2 aromatic heterocycles. The van der Waals surface area contributed by atoms with E-state index >= 15 is 0 Å². The molecule has 0 aliphatic heterocycles. The van der Waals surface area contributed by atoms with Crippen molar-refractivity contribution >= 4 is 28.8 Å². The van der Waals surface area contributed by atoms with Gasteiger partial charge in [0.05, 0.1) is 5.56 Å². The van der Waals surface area contributed by atoms with Gasteiger partial charge in [-0.3, -0.25) is 20.0 Å². The van der Waals surface area contributed by atoms with Gasteiger partial charge in [-0.15, -0.1) is 5.10 Å². The number of hydrogen-bond donors (Lipinski definition) is 4. The number of H-pyrrole nitrogens is 2. The number of nitrogens with one attached hydrogen (secondary N) is 4. The summed E-state index contributed by atoms with van der Waals surface area (Å²) in [5.74, 6) is -0.783. The van der Waals surface area contributed by atoms with Crippen molar-refractivity contribution in [2.75, 3.05) is 11.9 Å². The van der Waals surface area contributed by atoms with E-state index in [4.69, 9.17) is 0 Å². The average molecular weight is 442 g/mol. The van der Waals surface area contributed by atoms with Gasteiger partial charge in [0.25, 0.3) is 5.91 Å². The highest BCUT2D eigenvalue weighted by Crippen LogP contribution is 2.28. The number of ether oxygens (including phenoxy) is 1. The number of fused-ring (bicyclic) bond motifs is 1. The predicted molar refractivity (Wildman–Crippen MR) is 108 cm³/mol. The van der Waals surface area contributed by atoms with Crippen molar-refractivity contribution < 1.29 is 23.1 Å². The lowest BCUT2D eigenvalue weighted by Gasteiger charge is -2.07. The molecule has 32 heavy (non-hydrogen) atoms. The van der Waals surface area contributed by atoms with Crippen molar-refractivity contribution in [2.45, 2.75) is 13.0 Å². The van der Waals surface area contributed by atoms with Gasteiger partial charge in [-0.05, 0) is 30.3 Å². The first-order valence-corrected chi connectivity index (χ1v) is 9.35. The maximum absolute atomic E-state index is 12.6. The van der Waals surface area contributed by atoms with Gasteiger partial charge in [-0.1, -0.05) is 12.1 Å². The summed E-state index contributed by atoms with van der Waals surface area (Å²) >= 11 is 0. The first-order valence-electron chi connectivity index (χ1n) is 9.35. The molecule has 4 N–H and O–H groups in total. The van der Waals surface area contributed by atoms with E-state index in [-0.39, 0.29) is 42.0 Å². The Hall–Kier alpha value is -4.42. The van der Waals surface area contributed by atoms with Crippen molar-refractivity contribution in [3.8, 4) is 17.1 Å². The summed E-state index contributed by atoms with van der Waals surface area (Å²) in [5.41, 5.74) is 1.83. The van der Waals surface area contributed by atoms with Crippen molar-refractivity contribution in [1.29, 1.82) is 0 Å². The monoisotopic (exact) mass is 442 g/mol. The predicted octanol–water partition coefficient (Wildman–Crippen LogP) is 2.10. The van der Waals surface area contributed by atoms with E-state index in [1.807, 2.05) is 0 Å². The number of halogens is 2. The van der Waals surface area contributed by atoms with Crippen LogP contribution in [0.25, 0.3) is 22.4 Å². The van der Waals surface area contributed by atoms with Crippen LogP contribution in [0, 0.1) is 0 Å². The molecule has 0 saturated carbocycles. The Bertz CT molecular complexity index is 1260. The first kappa shape index (κ1) is 20.8. The van der Waals surface area contributed by atoms with Crippen LogP contribution in [0.3, 0.4) is 0 Å². The fraction of sp³-hybridized carbons (Fsp3) is 0.158. The molecule has 4 rings (SSSR count). The molecule has 0 aliphatic rings. The van der Waals surface area contributed by atoms with Gasteiger partial charge in [0.15, 0.2) is 5.82 Å². The van der Waals surface area contributed by atoms with Crippen LogP contribution >= 0.6 is 0 Å². The number of carbonyl (C=O) groups is 2. The Morgan fingerprint density at radius 3 is 2.72 bits per heavy atom. The van der Waals surface area contributed by atoms with Gasteiger partial charge >= 0.3 is 6.61 Å². The summed E-state index contributed by atoms with van der Waals surface area (Å²) in [5, 5.41) is 21.8. The van der Waals surface area contributed by atoms with Crippen LogP contribution in [-0.2, 0) is 4.79 Å². The minimum Gasteiger partial charge on any atom is -0.434 e. The molecular formula is C19H16F2N8O3. The number of hydrogen-bond acceptors (Lipinski definition) is 7. The number of nitrogens with zero attached hydrogens (tertiary/aromatic N) is 4. The molecule has 2 heterocycles. The molecule has 0 saturated heterocycles. The van der Waals surface area contributed by atoms with E-state index in [9.17, 15) is 18.4 Å². The van der Waals surface area contributed by atoms with Crippen LogP contribution in [0.4, 0.5) is 14.7 Å². The lowest BCUT2D eigenvalue weighted by atomic mass is 10.2. The molecular weight excluding hydrogens is 426 g/mol. The molecule has 2 amide bonds. The summed E-state index contributed by atoms with van der Waals surface area (Å²) in [4.78, 5) is 28.4. The molecule has 164 valence electrons. The highest BCUT2D eigenvalue weighted by Gasteiger charge is 2.15. The van der Waals surface area contributed by atoms with Crippen molar-refractivity contribution in [3.05, 3.63) is 48.0 Å². The normalized spacial score (nSPS) is 11.0. The number of amides is 2. The van der Waals surface area contributed by atoms with E-state index in [0.717, 1.165) is 0 Å². The maximum atomic E-state index is 12.6. The minimum atomic E-state index is -2.99. The highest BCUT2D eigenvalue weighted by molar-refractivity contribution is 5.97. The van der Waals surface area contributed by atoms with Crippen molar-refractivity contribution in [3.63, 3.8) is 0 Å². The fourth-order valence-corrected chi connectivity index (χ4v) is 2.86. The number of carbonyl (C=O) groups excluding carboxylic acids is 2. The summed E-state index contributed by atoms with van der Waals surface area (Å²) in [6.07, 6.45) is -0.0348. The van der Waals surface area contributed by atoms with Crippen LogP contribution in [0.15, 0.2) is 42.5 Å². The Labute approximate surface area is 178 Å². The van der Waals surface area contributed by atoms with Gasteiger partial charge in [0.1, 0.15) is 16.8 Å². The zero-order valence-electron chi connectivity index (χ0n) is 16.3. The minimum absolute atomic E-state index is 0.0348. The average Bonchev–Trinajstić information content (AvgIpc) is 3.42. The van der Waals surface area contributed by atoms with Gasteiger partial charge < -0.3 is 10.1 Å². The van der Waals surface area contributed by atoms with Crippen molar-refractivity contribution in [2.24, 2.45) is 0 Å². The summed E-state index contributed by atoms with van der Waals surface area (Å²) in [7, 11) is 0. The van der Waals surface area contributed by atoms with E-state index in [2.05, 4.69) is 46.0 Å². The molecule has 13 heteroatoms. The molecule has 0 atom stereocenters. The molecule has 0 unspecified atom stereocenters. The van der Waals surface area contributed by atoms with Crippen LogP contribution in [0.1, 0.15) is 16.8 Å². The number of aromatic nitrogens is 6. The lowest BCUT2D eigenvalue weighted by Crippen LogP contribution is -2.27. The number of aromatic amines is 2. The van der Waals surface area contributed by atoms with Crippen LogP contribution in [0.2, 0.25) is 0 Å². The van der Waals surface area contributed by atoms with Gasteiger partial charge in [-0.2, -0.15) is 29.2 Å².